The van der Waals surface area contributed by atoms with Crippen LogP contribution in [0.4, 0.5) is 0 Å². The van der Waals surface area contributed by atoms with Crippen LogP contribution in [0.1, 0.15) is 51.7 Å². The summed E-state index contributed by atoms with van der Waals surface area (Å²) in [5.41, 5.74) is 4.90. The Balaban J connectivity index is 1.68. The lowest BCUT2D eigenvalue weighted by atomic mass is 9.97. The SMILES string of the molecule is CC(NS(C)(=O)=O)c1c(CCOc2ccc(C(=O)O)cc2)c2cc(Cl)ccc2n1C(c1ccccc1)c1ccccc1. The molecule has 5 rings (SSSR count). The maximum Gasteiger partial charge on any atom is 0.335 e. The summed E-state index contributed by atoms with van der Waals surface area (Å²) in [6.45, 7) is 2.12. The topological polar surface area (TPSA) is 97.6 Å². The monoisotopic (exact) mass is 602 g/mol. The fraction of sp³-hybridized carbons (Fsp3) is 0.182. The minimum Gasteiger partial charge on any atom is -0.493 e. The summed E-state index contributed by atoms with van der Waals surface area (Å²) in [7, 11) is -3.55. The van der Waals surface area contributed by atoms with Crippen LogP contribution >= 0.6 is 11.6 Å². The molecule has 1 aromatic heterocycles. The summed E-state index contributed by atoms with van der Waals surface area (Å²) in [6.07, 6.45) is 1.61. The fourth-order valence-corrected chi connectivity index (χ4v) is 6.41. The first kappa shape index (κ1) is 29.4. The zero-order valence-corrected chi connectivity index (χ0v) is 24.8. The van der Waals surface area contributed by atoms with Gasteiger partial charge in [0.25, 0.3) is 0 Å². The van der Waals surface area contributed by atoms with E-state index in [-0.39, 0.29) is 18.2 Å². The van der Waals surface area contributed by atoms with Crippen LogP contribution in [0.5, 0.6) is 5.75 Å². The average molecular weight is 603 g/mol. The van der Waals surface area contributed by atoms with Gasteiger partial charge in [-0.3, -0.25) is 0 Å². The normalized spacial score (nSPS) is 12.5. The van der Waals surface area contributed by atoms with E-state index < -0.39 is 22.0 Å². The van der Waals surface area contributed by atoms with Gasteiger partial charge in [0.2, 0.25) is 10.0 Å². The number of carboxylic acids is 1. The smallest absolute Gasteiger partial charge is 0.335 e. The highest BCUT2D eigenvalue weighted by Gasteiger charge is 2.29. The molecule has 0 aliphatic heterocycles. The standard InChI is InChI=1S/C33H31ClN2O5S/c1-22(35-42(2,39)40)31-28(19-20-41-27-16-13-25(14-17-27)33(37)38)29-21-26(34)15-18-30(29)36(31)32(23-9-5-3-6-10-23)24-11-7-4-8-12-24/h3-18,21-22,32,35H,19-20H2,1-2H3,(H,37,38). The molecule has 0 spiro atoms. The van der Waals surface area contributed by atoms with Crippen molar-refractivity contribution in [1.82, 2.24) is 9.29 Å². The number of hydrogen-bond donors (Lipinski definition) is 2. The van der Waals surface area contributed by atoms with Crippen molar-refractivity contribution >= 4 is 38.5 Å². The Morgan fingerprint density at radius 3 is 2.07 bits per heavy atom. The summed E-state index contributed by atoms with van der Waals surface area (Å²) in [4.78, 5) is 11.2. The van der Waals surface area contributed by atoms with Crippen molar-refractivity contribution in [1.29, 1.82) is 0 Å². The largest absolute Gasteiger partial charge is 0.493 e. The van der Waals surface area contributed by atoms with Crippen LogP contribution in [0, 0.1) is 0 Å². The number of halogens is 1. The van der Waals surface area contributed by atoms with Crippen LogP contribution in [0.3, 0.4) is 0 Å². The Bertz CT molecular complexity index is 1770. The Labute approximate surface area is 250 Å². The molecular formula is C33H31ClN2O5S. The first-order valence-electron chi connectivity index (χ1n) is 13.5. The number of benzene rings is 4. The van der Waals surface area contributed by atoms with E-state index in [9.17, 15) is 18.3 Å². The third-order valence-corrected chi connectivity index (χ3v) is 8.14. The molecule has 216 valence electrons. The quantitative estimate of drug-likeness (QED) is 0.172. The Kier molecular flexibility index (Phi) is 8.68. The molecule has 0 saturated heterocycles. The molecule has 2 N–H and O–H groups in total. The highest BCUT2D eigenvalue weighted by Crippen LogP contribution is 2.40. The van der Waals surface area contributed by atoms with Gasteiger partial charge in [-0.15, -0.1) is 0 Å². The second-order valence-electron chi connectivity index (χ2n) is 10.2. The summed E-state index contributed by atoms with van der Waals surface area (Å²) in [5, 5.41) is 10.7. The van der Waals surface area contributed by atoms with Crippen LogP contribution < -0.4 is 9.46 Å². The van der Waals surface area contributed by atoms with Crippen molar-refractivity contribution in [3.63, 3.8) is 0 Å². The molecule has 9 heteroatoms. The van der Waals surface area contributed by atoms with Crippen molar-refractivity contribution in [3.05, 3.63) is 136 Å². The number of ether oxygens (including phenoxy) is 1. The molecule has 0 saturated carbocycles. The minimum atomic E-state index is -3.55. The summed E-state index contributed by atoms with van der Waals surface area (Å²) in [6, 6.07) is 31.3. The number of nitrogens with zero attached hydrogens (tertiary/aromatic N) is 1. The molecular weight excluding hydrogens is 572 g/mol. The molecule has 0 aliphatic carbocycles. The van der Waals surface area contributed by atoms with Gasteiger partial charge >= 0.3 is 5.97 Å². The Morgan fingerprint density at radius 1 is 0.929 bits per heavy atom. The highest BCUT2D eigenvalue weighted by molar-refractivity contribution is 7.88. The van der Waals surface area contributed by atoms with E-state index in [2.05, 4.69) is 33.6 Å². The Hall–Kier alpha value is -4.11. The van der Waals surface area contributed by atoms with Crippen molar-refractivity contribution in [2.45, 2.75) is 25.4 Å². The van der Waals surface area contributed by atoms with Crippen LogP contribution in [0.2, 0.25) is 5.02 Å². The molecule has 0 fully saturated rings. The maximum atomic E-state index is 12.5. The number of sulfonamides is 1. The predicted molar refractivity (Wildman–Crippen MR) is 166 cm³/mol. The number of carboxylic acid groups (broad SMARTS) is 1. The van der Waals surface area contributed by atoms with Gasteiger partial charge in [0, 0.05) is 28.0 Å². The number of nitrogens with one attached hydrogen (secondary N) is 1. The number of carbonyl (C=O) groups is 1. The molecule has 1 unspecified atom stereocenters. The fourth-order valence-electron chi connectivity index (χ4n) is 5.49. The van der Waals surface area contributed by atoms with Gasteiger partial charge in [-0.2, -0.15) is 0 Å². The number of hydrogen-bond acceptors (Lipinski definition) is 4. The van der Waals surface area contributed by atoms with Gasteiger partial charge < -0.3 is 14.4 Å². The van der Waals surface area contributed by atoms with Gasteiger partial charge in [0.1, 0.15) is 5.75 Å². The molecule has 0 aliphatic rings. The first-order chi connectivity index (χ1) is 20.1. The molecule has 0 bridgehead atoms. The van der Waals surface area contributed by atoms with E-state index in [0.29, 0.717) is 17.2 Å². The molecule has 1 heterocycles. The molecule has 5 aromatic rings. The minimum absolute atomic E-state index is 0.177. The zero-order valence-electron chi connectivity index (χ0n) is 23.2. The van der Waals surface area contributed by atoms with Crippen LogP contribution in [-0.2, 0) is 16.4 Å². The molecule has 7 nitrogen and oxygen atoms in total. The lowest BCUT2D eigenvalue weighted by Crippen LogP contribution is -2.29. The van der Waals surface area contributed by atoms with Gasteiger partial charge in [0.15, 0.2) is 0 Å². The Morgan fingerprint density at radius 2 is 1.52 bits per heavy atom. The van der Waals surface area contributed by atoms with E-state index in [1.807, 2.05) is 61.5 Å². The summed E-state index contributed by atoms with van der Waals surface area (Å²) in [5.74, 6) is -0.466. The van der Waals surface area contributed by atoms with Gasteiger partial charge in [-0.1, -0.05) is 72.3 Å². The lowest BCUT2D eigenvalue weighted by Gasteiger charge is -2.27. The average Bonchev–Trinajstić information content (AvgIpc) is 3.27. The maximum absolute atomic E-state index is 12.5. The summed E-state index contributed by atoms with van der Waals surface area (Å²) < 4.78 is 36.0. The van der Waals surface area contributed by atoms with Crippen LogP contribution in [-0.4, -0.2) is 36.9 Å². The second-order valence-corrected chi connectivity index (χ2v) is 12.4. The number of rotatable bonds is 11. The number of fused-ring (bicyclic) bond motifs is 1. The van der Waals surface area contributed by atoms with Crippen molar-refractivity contribution in [2.24, 2.45) is 0 Å². The van der Waals surface area contributed by atoms with E-state index >= 15 is 0 Å². The van der Waals surface area contributed by atoms with Crippen molar-refractivity contribution < 1.29 is 23.1 Å². The van der Waals surface area contributed by atoms with E-state index in [4.69, 9.17) is 16.3 Å². The van der Waals surface area contributed by atoms with Crippen molar-refractivity contribution in [2.75, 3.05) is 12.9 Å². The number of aromatic carboxylic acids is 1. The van der Waals surface area contributed by atoms with Crippen LogP contribution in [0.15, 0.2) is 103 Å². The van der Waals surface area contributed by atoms with Crippen molar-refractivity contribution in [3.8, 4) is 5.75 Å². The molecule has 42 heavy (non-hydrogen) atoms. The molecule has 4 aromatic carbocycles. The van der Waals surface area contributed by atoms with E-state index in [0.717, 1.165) is 39.5 Å². The highest BCUT2D eigenvalue weighted by atomic mass is 35.5. The van der Waals surface area contributed by atoms with Gasteiger partial charge in [0.05, 0.1) is 30.5 Å². The predicted octanol–water partition coefficient (Wildman–Crippen LogP) is 6.86. The third-order valence-electron chi connectivity index (χ3n) is 7.12. The molecule has 1 atom stereocenters. The lowest BCUT2D eigenvalue weighted by molar-refractivity contribution is 0.0697. The van der Waals surface area contributed by atoms with E-state index in [1.165, 1.54) is 12.1 Å². The molecule has 0 amide bonds. The summed E-state index contributed by atoms with van der Waals surface area (Å²) >= 11 is 6.52. The third kappa shape index (κ3) is 6.51. The molecule has 0 radical (unpaired) electrons. The second kappa shape index (κ2) is 12.4. The first-order valence-corrected chi connectivity index (χ1v) is 15.7. The van der Waals surface area contributed by atoms with E-state index in [1.54, 1.807) is 12.1 Å². The van der Waals surface area contributed by atoms with Crippen LogP contribution in [0.25, 0.3) is 10.9 Å². The van der Waals surface area contributed by atoms with Gasteiger partial charge in [-0.05, 0) is 66.1 Å². The zero-order chi connectivity index (χ0) is 29.9. The van der Waals surface area contributed by atoms with Gasteiger partial charge in [-0.25, -0.2) is 17.9 Å². The number of aromatic nitrogens is 1.